The monoisotopic (exact) mass is 288 g/mol. The van der Waals surface area contributed by atoms with Gasteiger partial charge in [0.15, 0.2) is 0 Å². The van der Waals surface area contributed by atoms with Crippen molar-refractivity contribution < 1.29 is 9.47 Å². The molecule has 0 amide bonds. The van der Waals surface area contributed by atoms with E-state index in [4.69, 9.17) is 21.1 Å². The maximum absolute atomic E-state index is 5.80. The van der Waals surface area contributed by atoms with Crippen LogP contribution in [0.1, 0.15) is 27.7 Å². The third-order valence-corrected chi connectivity index (χ3v) is 2.08. The molecule has 0 bridgehead atoms. The number of ether oxygens (including phenoxy) is 2. The molecule has 1 N–H and O–H groups in total. The summed E-state index contributed by atoms with van der Waals surface area (Å²) < 4.78 is 10.8. The molecule has 0 aliphatic carbocycles. The van der Waals surface area contributed by atoms with Crippen molar-refractivity contribution in [3.05, 3.63) is 5.28 Å². The van der Waals surface area contributed by atoms with E-state index in [0.717, 1.165) is 6.61 Å². The standard InChI is InChI=1S/C12H21ClN4O2/c1-8(2)7-18-6-5-14-11-15-10(13)16-12(17-11)19-9(3)4/h8-9H,5-7H2,1-4H3,(H,14,15,16,17). The zero-order valence-corrected chi connectivity index (χ0v) is 12.6. The molecule has 0 saturated heterocycles. The van der Waals surface area contributed by atoms with Crippen molar-refractivity contribution in [1.82, 2.24) is 15.0 Å². The molecule has 0 atom stereocenters. The predicted octanol–water partition coefficient (Wildman–Crippen LogP) is 2.40. The molecule has 6 nitrogen and oxygen atoms in total. The van der Waals surface area contributed by atoms with Crippen LogP contribution in [0.15, 0.2) is 0 Å². The number of aromatic nitrogens is 3. The van der Waals surface area contributed by atoms with E-state index in [1.807, 2.05) is 13.8 Å². The quantitative estimate of drug-likeness (QED) is 0.741. The molecule has 0 fully saturated rings. The largest absolute Gasteiger partial charge is 0.461 e. The molecule has 0 aromatic carbocycles. The fourth-order valence-corrected chi connectivity index (χ4v) is 1.38. The lowest BCUT2D eigenvalue weighted by atomic mass is 10.2. The summed E-state index contributed by atoms with van der Waals surface area (Å²) in [6, 6.07) is 0.223. The van der Waals surface area contributed by atoms with E-state index in [9.17, 15) is 0 Å². The highest BCUT2D eigenvalue weighted by atomic mass is 35.5. The van der Waals surface area contributed by atoms with Gasteiger partial charge in [-0.05, 0) is 31.4 Å². The van der Waals surface area contributed by atoms with E-state index in [1.54, 1.807) is 0 Å². The van der Waals surface area contributed by atoms with Gasteiger partial charge in [0.1, 0.15) is 0 Å². The van der Waals surface area contributed by atoms with E-state index >= 15 is 0 Å². The second kappa shape index (κ2) is 8.12. The summed E-state index contributed by atoms with van der Waals surface area (Å²) in [5.74, 6) is 0.918. The number of hydrogen-bond acceptors (Lipinski definition) is 6. The third-order valence-electron chi connectivity index (χ3n) is 1.91. The van der Waals surface area contributed by atoms with Crippen molar-refractivity contribution >= 4 is 17.5 Å². The lowest BCUT2D eigenvalue weighted by molar-refractivity contribution is 0.118. The Bertz CT molecular complexity index is 388. The maximum Gasteiger partial charge on any atom is 0.322 e. The van der Waals surface area contributed by atoms with E-state index < -0.39 is 0 Å². The van der Waals surface area contributed by atoms with Gasteiger partial charge in [-0.25, -0.2) is 0 Å². The van der Waals surface area contributed by atoms with Gasteiger partial charge in [-0.3, -0.25) is 0 Å². The Morgan fingerprint density at radius 1 is 1.16 bits per heavy atom. The van der Waals surface area contributed by atoms with Gasteiger partial charge >= 0.3 is 6.01 Å². The molecule has 0 aliphatic heterocycles. The Labute approximate surface area is 118 Å². The summed E-state index contributed by atoms with van der Waals surface area (Å²) >= 11 is 5.80. The molecule has 1 aromatic rings. The smallest absolute Gasteiger partial charge is 0.322 e. The number of nitrogens with one attached hydrogen (secondary N) is 1. The first-order valence-electron chi connectivity index (χ1n) is 6.37. The van der Waals surface area contributed by atoms with Gasteiger partial charge in [0, 0.05) is 13.2 Å². The minimum atomic E-state index is -0.0132. The molecule has 1 aromatic heterocycles. The molecule has 7 heteroatoms. The van der Waals surface area contributed by atoms with Gasteiger partial charge in [-0.1, -0.05) is 13.8 Å². The highest BCUT2D eigenvalue weighted by molar-refractivity contribution is 6.28. The van der Waals surface area contributed by atoms with Crippen LogP contribution < -0.4 is 10.1 Å². The number of nitrogens with zero attached hydrogens (tertiary/aromatic N) is 3. The van der Waals surface area contributed by atoms with Crippen LogP contribution in [0.25, 0.3) is 0 Å². The molecule has 19 heavy (non-hydrogen) atoms. The van der Waals surface area contributed by atoms with Crippen molar-refractivity contribution in [3.63, 3.8) is 0 Å². The second-order valence-electron chi connectivity index (χ2n) is 4.77. The highest BCUT2D eigenvalue weighted by Crippen LogP contribution is 2.12. The first-order chi connectivity index (χ1) is 8.97. The minimum absolute atomic E-state index is 0.0132. The van der Waals surface area contributed by atoms with Crippen LogP contribution in [0.2, 0.25) is 5.28 Å². The summed E-state index contributed by atoms with van der Waals surface area (Å²) in [6.45, 7) is 9.93. The zero-order chi connectivity index (χ0) is 14.3. The van der Waals surface area contributed by atoms with Gasteiger partial charge in [-0.2, -0.15) is 15.0 Å². The van der Waals surface area contributed by atoms with Crippen LogP contribution in [0.5, 0.6) is 6.01 Å². The van der Waals surface area contributed by atoms with E-state index in [0.29, 0.717) is 25.0 Å². The molecule has 0 spiro atoms. The average molecular weight is 289 g/mol. The van der Waals surface area contributed by atoms with Crippen LogP contribution in [-0.4, -0.2) is 40.8 Å². The SMILES string of the molecule is CC(C)COCCNc1nc(Cl)nc(OC(C)C)n1. The van der Waals surface area contributed by atoms with Crippen LogP contribution >= 0.6 is 11.6 Å². The van der Waals surface area contributed by atoms with Gasteiger partial charge in [0.05, 0.1) is 12.7 Å². The van der Waals surface area contributed by atoms with Crippen molar-refractivity contribution in [1.29, 1.82) is 0 Å². The summed E-state index contributed by atoms with van der Waals surface area (Å²) in [7, 11) is 0. The number of anilines is 1. The van der Waals surface area contributed by atoms with Gasteiger partial charge in [0.25, 0.3) is 0 Å². The minimum Gasteiger partial charge on any atom is -0.461 e. The van der Waals surface area contributed by atoms with Gasteiger partial charge in [0.2, 0.25) is 11.2 Å². The molecule has 0 aliphatic rings. The van der Waals surface area contributed by atoms with Crippen LogP contribution in [0.3, 0.4) is 0 Å². The maximum atomic E-state index is 5.80. The van der Waals surface area contributed by atoms with Crippen molar-refractivity contribution in [2.45, 2.75) is 33.8 Å². The molecule has 0 saturated carbocycles. The third kappa shape index (κ3) is 7.12. The Hall–Kier alpha value is -1.14. The molecule has 1 heterocycles. The van der Waals surface area contributed by atoms with Crippen LogP contribution in [0.4, 0.5) is 5.95 Å². The summed E-state index contributed by atoms with van der Waals surface area (Å²) in [5.41, 5.74) is 0. The molecular formula is C12H21ClN4O2. The van der Waals surface area contributed by atoms with Crippen molar-refractivity contribution in [3.8, 4) is 6.01 Å². The number of halogens is 1. The van der Waals surface area contributed by atoms with Gasteiger partial charge < -0.3 is 14.8 Å². The Morgan fingerprint density at radius 3 is 2.53 bits per heavy atom. The predicted molar refractivity (Wildman–Crippen MR) is 74.7 cm³/mol. The second-order valence-corrected chi connectivity index (χ2v) is 5.11. The Morgan fingerprint density at radius 2 is 1.89 bits per heavy atom. The Kier molecular flexibility index (Phi) is 6.80. The molecular weight excluding hydrogens is 268 g/mol. The number of hydrogen-bond donors (Lipinski definition) is 1. The summed E-state index contributed by atoms with van der Waals surface area (Å²) in [6.07, 6.45) is -0.0132. The molecule has 108 valence electrons. The lowest BCUT2D eigenvalue weighted by Crippen LogP contribution is -2.15. The molecule has 0 unspecified atom stereocenters. The summed E-state index contributed by atoms with van der Waals surface area (Å²) in [5, 5.41) is 3.13. The van der Waals surface area contributed by atoms with E-state index in [1.165, 1.54) is 0 Å². The topological polar surface area (TPSA) is 69.2 Å². The fourth-order valence-electron chi connectivity index (χ4n) is 1.23. The van der Waals surface area contributed by atoms with Crippen LogP contribution in [-0.2, 0) is 4.74 Å². The van der Waals surface area contributed by atoms with Crippen molar-refractivity contribution in [2.24, 2.45) is 5.92 Å². The van der Waals surface area contributed by atoms with Crippen LogP contribution in [0, 0.1) is 5.92 Å². The normalized spacial score (nSPS) is 11.1. The molecule has 1 rings (SSSR count). The zero-order valence-electron chi connectivity index (χ0n) is 11.8. The highest BCUT2D eigenvalue weighted by Gasteiger charge is 2.07. The van der Waals surface area contributed by atoms with Crippen molar-refractivity contribution in [2.75, 3.05) is 25.1 Å². The lowest BCUT2D eigenvalue weighted by Gasteiger charge is -2.10. The van der Waals surface area contributed by atoms with E-state index in [2.05, 4.69) is 34.1 Å². The summed E-state index contributed by atoms with van der Waals surface area (Å²) in [4.78, 5) is 12.0. The fraction of sp³-hybridized carbons (Fsp3) is 0.750. The molecule has 0 radical (unpaired) electrons. The van der Waals surface area contributed by atoms with E-state index in [-0.39, 0.29) is 17.4 Å². The first kappa shape index (κ1) is 15.9. The van der Waals surface area contributed by atoms with Gasteiger partial charge in [-0.15, -0.1) is 0 Å². The Balaban J connectivity index is 2.42. The first-order valence-corrected chi connectivity index (χ1v) is 6.75. The average Bonchev–Trinajstić information content (AvgIpc) is 2.26. The number of rotatable bonds is 8.